The Bertz CT molecular complexity index is 398. The van der Waals surface area contributed by atoms with E-state index in [9.17, 15) is 14.4 Å². The Hall–Kier alpha value is -1.92. The number of hydrogen-bond acceptors (Lipinski definition) is 4. The van der Waals surface area contributed by atoms with Crippen LogP contribution in [-0.4, -0.2) is 46.6 Å². The van der Waals surface area contributed by atoms with Gasteiger partial charge in [-0.3, -0.25) is 14.4 Å². The van der Waals surface area contributed by atoms with E-state index in [-0.39, 0.29) is 30.6 Å². The van der Waals surface area contributed by atoms with E-state index in [1.165, 1.54) is 0 Å². The number of aliphatic carboxylic acids is 1. The molecule has 2 aliphatic rings. The zero-order valence-electron chi connectivity index (χ0n) is 9.18. The van der Waals surface area contributed by atoms with Crippen molar-refractivity contribution in [2.24, 2.45) is 11.0 Å². The number of carboxylic acid groups (broad SMARTS) is 1. The fourth-order valence-electron chi connectivity index (χ4n) is 1.92. The van der Waals surface area contributed by atoms with Crippen molar-refractivity contribution in [3.8, 4) is 0 Å². The summed E-state index contributed by atoms with van der Waals surface area (Å²) in [7, 11) is 0. The summed E-state index contributed by atoms with van der Waals surface area (Å²) in [4.78, 5) is 34.7. The van der Waals surface area contributed by atoms with Gasteiger partial charge in [0.05, 0.1) is 6.42 Å². The van der Waals surface area contributed by atoms with Gasteiger partial charge < -0.3 is 10.0 Å². The Balaban J connectivity index is 1.83. The van der Waals surface area contributed by atoms with Crippen LogP contribution in [0.3, 0.4) is 0 Å². The van der Waals surface area contributed by atoms with Crippen molar-refractivity contribution in [2.75, 3.05) is 13.1 Å². The Morgan fingerprint density at radius 1 is 1.41 bits per heavy atom. The highest BCUT2D eigenvalue weighted by Gasteiger charge is 2.34. The SMILES string of the molecule is O=C(O)CC1CN(C(=O)C2=NNC(=O)CC2)C1. The van der Waals surface area contributed by atoms with Gasteiger partial charge in [0.2, 0.25) is 5.91 Å². The minimum atomic E-state index is -0.843. The average molecular weight is 239 g/mol. The van der Waals surface area contributed by atoms with E-state index < -0.39 is 5.97 Å². The summed E-state index contributed by atoms with van der Waals surface area (Å²) in [5, 5.41) is 12.3. The highest BCUT2D eigenvalue weighted by atomic mass is 16.4. The molecular formula is C10H13N3O4. The summed E-state index contributed by atoms with van der Waals surface area (Å²) >= 11 is 0. The standard InChI is InChI=1S/C10H13N3O4/c14-8-2-1-7(11-12-8)10(17)13-4-6(5-13)3-9(15)16/h6H,1-5H2,(H,12,14)(H,15,16). The van der Waals surface area contributed by atoms with Gasteiger partial charge in [-0.05, 0) is 0 Å². The molecule has 7 nitrogen and oxygen atoms in total. The molecule has 0 spiro atoms. The van der Waals surface area contributed by atoms with Crippen LogP contribution in [0.2, 0.25) is 0 Å². The molecule has 0 saturated carbocycles. The molecule has 1 saturated heterocycles. The van der Waals surface area contributed by atoms with Gasteiger partial charge >= 0.3 is 5.97 Å². The lowest BCUT2D eigenvalue weighted by Crippen LogP contribution is -2.53. The van der Waals surface area contributed by atoms with Crippen molar-refractivity contribution < 1.29 is 19.5 Å². The minimum Gasteiger partial charge on any atom is -0.481 e. The van der Waals surface area contributed by atoms with E-state index in [0.717, 1.165) is 0 Å². The van der Waals surface area contributed by atoms with Crippen molar-refractivity contribution in [2.45, 2.75) is 19.3 Å². The third kappa shape index (κ3) is 2.61. The molecule has 0 aromatic rings. The second-order valence-corrected chi connectivity index (χ2v) is 4.27. The molecule has 1 fully saturated rings. The molecule has 2 N–H and O–H groups in total. The van der Waals surface area contributed by atoms with E-state index in [0.29, 0.717) is 25.2 Å². The molecule has 0 aliphatic carbocycles. The Labute approximate surface area is 97.5 Å². The zero-order valence-corrected chi connectivity index (χ0v) is 9.18. The number of carboxylic acids is 1. The van der Waals surface area contributed by atoms with E-state index >= 15 is 0 Å². The molecule has 2 amide bonds. The number of carbonyl (C=O) groups excluding carboxylic acids is 2. The number of rotatable bonds is 3. The van der Waals surface area contributed by atoms with Crippen molar-refractivity contribution in [1.82, 2.24) is 10.3 Å². The molecule has 0 aromatic carbocycles. The molecule has 0 bridgehead atoms. The number of carbonyl (C=O) groups is 3. The predicted octanol–water partition coefficient (Wildman–Crippen LogP) is -0.814. The lowest BCUT2D eigenvalue weighted by Gasteiger charge is -2.38. The fraction of sp³-hybridized carbons (Fsp3) is 0.600. The van der Waals surface area contributed by atoms with Gasteiger partial charge in [-0.15, -0.1) is 0 Å². The first-order valence-electron chi connectivity index (χ1n) is 5.42. The molecule has 2 aliphatic heterocycles. The van der Waals surface area contributed by atoms with Crippen LogP contribution in [0.4, 0.5) is 0 Å². The number of hydrogen-bond donors (Lipinski definition) is 2. The van der Waals surface area contributed by atoms with Crippen molar-refractivity contribution in [3.63, 3.8) is 0 Å². The van der Waals surface area contributed by atoms with Crippen molar-refractivity contribution in [3.05, 3.63) is 0 Å². The third-order valence-corrected chi connectivity index (χ3v) is 2.86. The number of nitrogens with zero attached hydrogens (tertiary/aromatic N) is 2. The second-order valence-electron chi connectivity index (χ2n) is 4.27. The number of nitrogens with one attached hydrogen (secondary N) is 1. The summed E-state index contributed by atoms with van der Waals surface area (Å²) in [6.07, 6.45) is 0.717. The lowest BCUT2D eigenvalue weighted by atomic mass is 9.95. The summed E-state index contributed by atoms with van der Waals surface area (Å²) in [6.45, 7) is 0.913. The van der Waals surface area contributed by atoms with Gasteiger partial charge in [-0.2, -0.15) is 5.10 Å². The van der Waals surface area contributed by atoms with Crippen LogP contribution in [0.1, 0.15) is 19.3 Å². The molecule has 0 unspecified atom stereocenters. The van der Waals surface area contributed by atoms with E-state index in [4.69, 9.17) is 5.11 Å². The van der Waals surface area contributed by atoms with Gasteiger partial charge in [0.15, 0.2) is 0 Å². The van der Waals surface area contributed by atoms with E-state index in [1.807, 2.05) is 0 Å². The summed E-state index contributed by atoms with van der Waals surface area (Å²) in [5.41, 5.74) is 2.61. The van der Waals surface area contributed by atoms with Gasteiger partial charge in [0.1, 0.15) is 5.71 Å². The highest BCUT2D eigenvalue weighted by Crippen LogP contribution is 2.20. The van der Waals surface area contributed by atoms with Gasteiger partial charge in [0.25, 0.3) is 5.91 Å². The molecule has 7 heteroatoms. The van der Waals surface area contributed by atoms with Crippen LogP contribution in [0.15, 0.2) is 5.10 Å². The Kier molecular flexibility index (Phi) is 3.08. The predicted molar refractivity (Wildman–Crippen MR) is 57.1 cm³/mol. The van der Waals surface area contributed by atoms with E-state index in [2.05, 4.69) is 10.5 Å². The van der Waals surface area contributed by atoms with E-state index in [1.54, 1.807) is 4.90 Å². The summed E-state index contributed by atoms with van der Waals surface area (Å²) < 4.78 is 0. The van der Waals surface area contributed by atoms with Gasteiger partial charge in [-0.25, -0.2) is 5.43 Å². The Morgan fingerprint density at radius 2 is 2.12 bits per heavy atom. The van der Waals surface area contributed by atoms with Crippen LogP contribution in [-0.2, 0) is 14.4 Å². The summed E-state index contributed by atoms with van der Waals surface area (Å²) in [6, 6.07) is 0. The smallest absolute Gasteiger partial charge is 0.303 e. The maximum absolute atomic E-state index is 11.8. The number of amides is 2. The van der Waals surface area contributed by atoms with Gasteiger partial charge in [0, 0.05) is 31.8 Å². The van der Waals surface area contributed by atoms with Gasteiger partial charge in [-0.1, -0.05) is 0 Å². The highest BCUT2D eigenvalue weighted by molar-refractivity contribution is 6.39. The monoisotopic (exact) mass is 239 g/mol. The van der Waals surface area contributed by atoms with Crippen LogP contribution in [0.25, 0.3) is 0 Å². The maximum Gasteiger partial charge on any atom is 0.303 e. The summed E-state index contributed by atoms with van der Waals surface area (Å²) in [5.74, 6) is -1.19. The fourth-order valence-corrected chi connectivity index (χ4v) is 1.92. The first-order chi connectivity index (χ1) is 8.06. The zero-order chi connectivity index (χ0) is 12.4. The van der Waals surface area contributed by atoms with Crippen LogP contribution in [0.5, 0.6) is 0 Å². The Morgan fingerprint density at radius 3 is 2.65 bits per heavy atom. The molecule has 17 heavy (non-hydrogen) atoms. The molecule has 2 rings (SSSR count). The molecule has 2 heterocycles. The molecule has 92 valence electrons. The molecular weight excluding hydrogens is 226 g/mol. The number of likely N-dealkylation sites (tertiary alicyclic amines) is 1. The van der Waals surface area contributed by atoms with Crippen LogP contribution < -0.4 is 5.43 Å². The quantitative estimate of drug-likeness (QED) is 0.672. The minimum absolute atomic E-state index is 0.0373. The van der Waals surface area contributed by atoms with Crippen LogP contribution >= 0.6 is 0 Å². The second kappa shape index (κ2) is 4.52. The third-order valence-electron chi connectivity index (χ3n) is 2.86. The molecule has 0 radical (unpaired) electrons. The topological polar surface area (TPSA) is 99.1 Å². The van der Waals surface area contributed by atoms with Crippen molar-refractivity contribution >= 4 is 23.5 Å². The normalized spacial score (nSPS) is 20.4. The average Bonchev–Trinajstić information content (AvgIpc) is 2.23. The van der Waals surface area contributed by atoms with Crippen molar-refractivity contribution in [1.29, 1.82) is 0 Å². The largest absolute Gasteiger partial charge is 0.481 e. The molecule has 0 atom stereocenters. The number of hydrazone groups is 1. The lowest BCUT2D eigenvalue weighted by molar-refractivity contribution is -0.142. The first kappa shape index (κ1) is 11.6. The first-order valence-corrected chi connectivity index (χ1v) is 5.42. The van der Waals surface area contributed by atoms with Crippen LogP contribution in [0, 0.1) is 5.92 Å². The maximum atomic E-state index is 11.8. The molecule has 0 aromatic heterocycles.